The highest BCUT2D eigenvalue weighted by Crippen LogP contribution is 2.45. The molecule has 0 saturated carbocycles. The van der Waals surface area contributed by atoms with Gasteiger partial charge in [-0.1, -0.05) is 19.2 Å². The molecule has 1 heterocycles. The van der Waals surface area contributed by atoms with Crippen molar-refractivity contribution in [2.45, 2.75) is 19.2 Å². The van der Waals surface area contributed by atoms with Gasteiger partial charge in [0.15, 0.2) is 22.7 Å². The Balaban J connectivity index is 2.09. The van der Waals surface area contributed by atoms with Gasteiger partial charge in [-0.3, -0.25) is 0 Å². The van der Waals surface area contributed by atoms with E-state index < -0.39 is 24.1 Å². The first-order valence-electron chi connectivity index (χ1n) is 9.62. The molecule has 0 aliphatic rings. The maximum absolute atomic E-state index is 13.2. The van der Waals surface area contributed by atoms with Gasteiger partial charge in [-0.2, -0.15) is 0 Å². The van der Waals surface area contributed by atoms with Crippen LogP contribution in [-0.2, 0) is 20.7 Å². The van der Waals surface area contributed by atoms with Gasteiger partial charge in [-0.15, -0.1) is 13.2 Å². The number of rotatable bonds is 9. The van der Waals surface area contributed by atoms with Crippen LogP contribution in [0.2, 0.25) is 0 Å². The number of alkyl halides is 3. The van der Waals surface area contributed by atoms with Gasteiger partial charge in [0.1, 0.15) is 0 Å². The highest BCUT2D eigenvalue weighted by atomic mass is 19.4. The number of methoxy groups -OCH3 is 1. The van der Waals surface area contributed by atoms with Crippen molar-refractivity contribution in [2.24, 2.45) is 0 Å². The van der Waals surface area contributed by atoms with Crippen LogP contribution < -0.4 is 14.2 Å². The standard InChI is InChI=1S/C23H19F3O7/c1-4-17(27)30-12-6-7-13-8-9-14-15-10-11-16(31-18(28)5-2)22(29-3)21(15)32-20(14)19(13)33-23(24,25)26/h4-5,8-11H,1-2,6-7,12H2,3H3. The third kappa shape index (κ3) is 5.28. The fourth-order valence-corrected chi connectivity index (χ4v) is 3.22. The molecule has 0 amide bonds. The van der Waals surface area contributed by atoms with Gasteiger partial charge < -0.3 is 23.4 Å². The minimum atomic E-state index is -4.98. The summed E-state index contributed by atoms with van der Waals surface area (Å²) < 4.78 is 64.9. The molecule has 0 N–H and O–H groups in total. The summed E-state index contributed by atoms with van der Waals surface area (Å²) in [7, 11) is 1.30. The Morgan fingerprint density at radius 1 is 1.00 bits per heavy atom. The first-order chi connectivity index (χ1) is 15.7. The second kappa shape index (κ2) is 9.68. The minimum Gasteiger partial charge on any atom is -0.490 e. The van der Waals surface area contributed by atoms with Crippen molar-refractivity contribution < 1.29 is 46.1 Å². The number of ether oxygens (including phenoxy) is 4. The Morgan fingerprint density at radius 3 is 2.24 bits per heavy atom. The van der Waals surface area contributed by atoms with E-state index in [2.05, 4.69) is 17.9 Å². The van der Waals surface area contributed by atoms with Gasteiger partial charge >= 0.3 is 18.3 Å². The number of benzene rings is 2. The predicted molar refractivity (Wildman–Crippen MR) is 112 cm³/mol. The summed E-state index contributed by atoms with van der Waals surface area (Å²) in [5.74, 6) is -1.86. The number of fused-ring (bicyclic) bond motifs is 3. The monoisotopic (exact) mass is 464 g/mol. The van der Waals surface area contributed by atoms with Crippen LogP contribution in [0.25, 0.3) is 21.9 Å². The molecule has 0 aliphatic carbocycles. The number of furan rings is 1. The summed E-state index contributed by atoms with van der Waals surface area (Å²) in [5, 5.41) is 0.768. The summed E-state index contributed by atoms with van der Waals surface area (Å²) in [5.41, 5.74) is 0.116. The van der Waals surface area contributed by atoms with Crippen LogP contribution in [0.15, 0.2) is 54.0 Å². The Bertz CT molecular complexity index is 1220. The van der Waals surface area contributed by atoms with E-state index in [1.807, 2.05) is 0 Å². The normalized spacial score (nSPS) is 11.3. The van der Waals surface area contributed by atoms with Crippen LogP contribution in [0, 0.1) is 0 Å². The SMILES string of the molecule is C=CC(=O)OCCCc1ccc2c(oc3c(OC)c(OC(=O)C=C)ccc32)c1OC(F)(F)F. The molecule has 0 aliphatic heterocycles. The van der Waals surface area contributed by atoms with Crippen molar-refractivity contribution in [1.29, 1.82) is 0 Å². The lowest BCUT2D eigenvalue weighted by Crippen LogP contribution is -2.18. The molecule has 7 nitrogen and oxygen atoms in total. The minimum absolute atomic E-state index is 0.0107. The zero-order chi connectivity index (χ0) is 24.2. The van der Waals surface area contributed by atoms with Gasteiger partial charge in [0.2, 0.25) is 5.75 Å². The molecule has 1 aromatic heterocycles. The van der Waals surface area contributed by atoms with Crippen molar-refractivity contribution in [3.05, 3.63) is 55.1 Å². The summed E-state index contributed by atoms with van der Waals surface area (Å²) in [6, 6.07) is 6.03. The third-order valence-corrected chi connectivity index (χ3v) is 4.56. The van der Waals surface area contributed by atoms with Crippen molar-refractivity contribution in [2.75, 3.05) is 13.7 Å². The number of carbonyl (C=O) groups is 2. The lowest BCUT2D eigenvalue weighted by molar-refractivity contribution is -0.274. The van der Waals surface area contributed by atoms with E-state index >= 15 is 0 Å². The Labute approximate surface area is 185 Å². The molecule has 0 atom stereocenters. The van der Waals surface area contributed by atoms with E-state index in [1.54, 1.807) is 6.07 Å². The molecule has 0 radical (unpaired) electrons. The summed E-state index contributed by atoms with van der Waals surface area (Å²) in [6.45, 7) is 6.57. The highest BCUT2D eigenvalue weighted by Gasteiger charge is 2.34. The van der Waals surface area contributed by atoms with E-state index in [4.69, 9.17) is 18.6 Å². The van der Waals surface area contributed by atoms with Gasteiger partial charge in [-0.05, 0) is 36.6 Å². The smallest absolute Gasteiger partial charge is 0.490 e. The summed E-state index contributed by atoms with van der Waals surface area (Å²) in [4.78, 5) is 22.7. The lowest BCUT2D eigenvalue weighted by atomic mass is 10.0. The van der Waals surface area contributed by atoms with Gasteiger partial charge in [0, 0.05) is 22.9 Å². The topological polar surface area (TPSA) is 84.2 Å². The molecule has 0 bridgehead atoms. The first kappa shape index (κ1) is 23.7. The van der Waals surface area contributed by atoms with Crippen molar-refractivity contribution in [3.8, 4) is 17.2 Å². The third-order valence-electron chi connectivity index (χ3n) is 4.56. The quantitative estimate of drug-likeness (QED) is 0.185. The molecular formula is C23H19F3O7. The molecule has 33 heavy (non-hydrogen) atoms. The number of halogens is 3. The first-order valence-corrected chi connectivity index (χ1v) is 9.62. The molecule has 2 aromatic carbocycles. The summed E-state index contributed by atoms with van der Waals surface area (Å²) >= 11 is 0. The zero-order valence-electron chi connectivity index (χ0n) is 17.5. The average Bonchev–Trinajstić information content (AvgIpc) is 3.15. The lowest BCUT2D eigenvalue weighted by Gasteiger charge is -2.13. The van der Waals surface area contributed by atoms with E-state index in [9.17, 15) is 22.8 Å². The van der Waals surface area contributed by atoms with Crippen molar-refractivity contribution in [3.63, 3.8) is 0 Å². The zero-order valence-corrected chi connectivity index (χ0v) is 17.5. The van der Waals surface area contributed by atoms with Crippen LogP contribution in [0.1, 0.15) is 12.0 Å². The molecule has 174 valence electrons. The molecular weight excluding hydrogens is 445 g/mol. The predicted octanol–water partition coefficient (Wildman–Crippen LogP) is 5.25. The maximum Gasteiger partial charge on any atom is 0.573 e. The number of carbonyl (C=O) groups excluding carboxylic acids is 2. The molecule has 3 rings (SSSR count). The van der Waals surface area contributed by atoms with E-state index in [0.717, 1.165) is 12.2 Å². The number of esters is 2. The largest absolute Gasteiger partial charge is 0.573 e. The second-order valence-electron chi connectivity index (χ2n) is 6.65. The Morgan fingerprint density at radius 2 is 1.64 bits per heavy atom. The van der Waals surface area contributed by atoms with E-state index in [0.29, 0.717) is 10.8 Å². The molecule has 0 spiro atoms. The summed E-state index contributed by atoms with van der Waals surface area (Å²) in [6.07, 6.45) is -2.68. The van der Waals surface area contributed by atoms with Gasteiger partial charge in [-0.25, -0.2) is 9.59 Å². The van der Waals surface area contributed by atoms with E-state index in [-0.39, 0.29) is 47.7 Å². The van der Waals surface area contributed by atoms with Crippen LogP contribution in [0.5, 0.6) is 17.2 Å². The molecule has 0 saturated heterocycles. The van der Waals surface area contributed by atoms with Crippen LogP contribution in [-0.4, -0.2) is 32.0 Å². The van der Waals surface area contributed by atoms with Crippen LogP contribution in [0.3, 0.4) is 0 Å². The Hall–Kier alpha value is -3.95. The van der Waals surface area contributed by atoms with Gasteiger partial charge in [0.05, 0.1) is 13.7 Å². The second-order valence-corrected chi connectivity index (χ2v) is 6.65. The maximum atomic E-state index is 13.2. The fraction of sp³-hybridized carbons (Fsp3) is 0.217. The van der Waals surface area contributed by atoms with Crippen LogP contribution >= 0.6 is 0 Å². The average molecular weight is 464 g/mol. The molecule has 0 unspecified atom stereocenters. The molecule has 3 aromatic rings. The van der Waals surface area contributed by atoms with Crippen molar-refractivity contribution in [1.82, 2.24) is 0 Å². The van der Waals surface area contributed by atoms with Gasteiger partial charge in [0.25, 0.3) is 0 Å². The van der Waals surface area contributed by atoms with E-state index in [1.165, 1.54) is 25.3 Å². The molecule has 10 heteroatoms. The number of aryl methyl sites for hydroxylation is 1. The number of hydrogen-bond acceptors (Lipinski definition) is 7. The Kier molecular flexibility index (Phi) is 6.95. The fourth-order valence-electron chi connectivity index (χ4n) is 3.22. The highest BCUT2D eigenvalue weighted by molar-refractivity contribution is 6.09. The van der Waals surface area contributed by atoms with Crippen molar-refractivity contribution >= 4 is 33.9 Å². The number of hydrogen-bond donors (Lipinski definition) is 0. The van der Waals surface area contributed by atoms with Crippen LogP contribution in [0.4, 0.5) is 13.2 Å². The molecule has 0 fully saturated rings.